The lowest BCUT2D eigenvalue weighted by atomic mass is 10.1. The first kappa shape index (κ1) is 30.4. The van der Waals surface area contributed by atoms with Crippen molar-refractivity contribution in [1.82, 2.24) is 5.32 Å². The minimum Gasteiger partial charge on any atom is -0.463 e. The van der Waals surface area contributed by atoms with E-state index >= 15 is 0 Å². The molecule has 0 saturated heterocycles. The molecule has 0 radical (unpaired) electrons. The molecule has 0 fully saturated rings. The normalized spacial score (nSPS) is 11.6. The predicted molar refractivity (Wildman–Crippen MR) is 164 cm³/mol. The number of esters is 1. The van der Waals surface area contributed by atoms with Crippen LogP contribution in [0.4, 0.5) is 11.4 Å². The summed E-state index contributed by atoms with van der Waals surface area (Å²) in [5, 5.41) is 3.48. The maximum atomic E-state index is 11.4. The van der Waals surface area contributed by atoms with E-state index in [-0.39, 0.29) is 5.97 Å². The van der Waals surface area contributed by atoms with Crippen LogP contribution in [-0.2, 0) is 16.1 Å². The quantitative estimate of drug-likeness (QED) is 0.0565. The summed E-state index contributed by atoms with van der Waals surface area (Å²) in [5.74, 6) is 0.748. The number of allylic oxidation sites excluding steroid dienone is 1. The molecule has 0 aliphatic rings. The first-order valence-corrected chi connectivity index (χ1v) is 14.1. The van der Waals surface area contributed by atoms with E-state index in [1.54, 1.807) is 13.0 Å². The molecule has 0 heterocycles. The number of nitrogens with one attached hydrogen (secondary N) is 1. The second kappa shape index (κ2) is 16.8. The molecule has 0 aromatic heterocycles. The van der Waals surface area contributed by atoms with Crippen molar-refractivity contribution in [1.29, 1.82) is 0 Å². The number of nitrogens with zero attached hydrogens (tertiary/aromatic N) is 2. The Morgan fingerprint density at radius 2 is 1.86 bits per heavy atom. The number of hydrogen-bond donors (Lipinski definition) is 1. The van der Waals surface area contributed by atoms with Gasteiger partial charge in [0.15, 0.2) is 0 Å². The summed E-state index contributed by atoms with van der Waals surface area (Å²) in [7, 11) is 0. The number of ether oxygens (including phenoxy) is 1. The zero-order chi connectivity index (χ0) is 26.3. The van der Waals surface area contributed by atoms with Crippen LogP contribution >= 0.6 is 45.8 Å². The largest absolute Gasteiger partial charge is 0.463 e. The fourth-order valence-electron chi connectivity index (χ4n) is 3.43. The van der Waals surface area contributed by atoms with Crippen LogP contribution in [0.15, 0.2) is 63.7 Å². The smallest absolute Gasteiger partial charge is 0.330 e. The summed E-state index contributed by atoms with van der Waals surface area (Å²) in [6, 6.07) is 14.3. The van der Waals surface area contributed by atoms with Crippen molar-refractivity contribution in [3.63, 3.8) is 0 Å². The number of carbonyl (C=O) groups is 1. The van der Waals surface area contributed by atoms with E-state index in [0.29, 0.717) is 18.4 Å². The standard InChI is InChI=1S/C28H34Cl2IN3O2/c1-4-36-28(35)12-10-23-6-8-24(9-7-23)20-32-16-13-26(22(3)31)33-27-19-25(11-5-21(27)2)34(17-14-29)18-15-30/h5-12,19,32H,3-4,13-18,20H2,1-2H3/b12-10+,33-26?. The van der Waals surface area contributed by atoms with Crippen molar-refractivity contribution < 1.29 is 9.53 Å². The average Bonchev–Trinajstić information content (AvgIpc) is 2.86. The topological polar surface area (TPSA) is 53.9 Å². The van der Waals surface area contributed by atoms with E-state index < -0.39 is 0 Å². The lowest BCUT2D eigenvalue weighted by Crippen LogP contribution is -2.27. The molecule has 0 aliphatic heterocycles. The number of aliphatic imine (C=N–C) groups is 1. The van der Waals surface area contributed by atoms with Crippen molar-refractivity contribution in [2.24, 2.45) is 4.99 Å². The first-order chi connectivity index (χ1) is 17.4. The van der Waals surface area contributed by atoms with Gasteiger partial charge in [0, 0.05) is 59.7 Å². The molecule has 0 saturated carbocycles. The minimum atomic E-state index is -0.331. The van der Waals surface area contributed by atoms with Gasteiger partial charge in [0.1, 0.15) is 0 Å². The van der Waals surface area contributed by atoms with Crippen molar-refractivity contribution in [2.75, 3.05) is 42.9 Å². The summed E-state index contributed by atoms with van der Waals surface area (Å²) >= 11 is 14.2. The number of rotatable bonds is 15. The second-order valence-electron chi connectivity index (χ2n) is 8.05. The summed E-state index contributed by atoms with van der Waals surface area (Å²) < 4.78 is 5.83. The average molecular weight is 642 g/mol. The number of halogens is 3. The Balaban J connectivity index is 1.98. The zero-order valence-corrected chi connectivity index (χ0v) is 24.6. The molecule has 36 heavy (non-hydrogen) atoms. The molecular formula is C28H34Cl2IN3O2. The highest BCUT2D eigenvalue weighted by Gasteiger charge is 2.10. The fourth-order valence-corrected chi connectivity index (χ4v) is 4.23. The van der Waals surface area contributed by atoms with Crippen LogP contribution in [0.2, 0.25) is 0 Å². The van der Waals surface area contributed by atoms with Crippen LogP contribution < -0.4 is 10.2 Å². The van der Waals surface area contributed by atoms with Gasteiger partial charge in [-0.2, -0.15) is 0 Å². The molecule has 2 aromatic rings. The molecule has 194 valence electrons. The monoisotopic (exact) mass is 641 g/mol. The highest BCUT2D eigenvalue weighted by atomic mass is 127. The molecule has 1 N–H and O–H groups in total. The molecule has 0 unspecified atom stereocenters. The van der Waals surface area contributed by atoms with E-state index in [1.165, 1.54) is 6.08 Å². The highest BCUT2D eigenvalue weighted by Crippen LogP contribution is 2.27. The van der Waals surface area contributed by atoms with Gasteiger partial charge < -0.3 is 15.0 Å². The summed E-state index contributed by atoms with van der Waals surface area (Å²) in [6.45, 7) is 11.3. The highest BCUT2D eigenvalue weighted by molar-refractivity contribution is 14.1. The number of anilines is 1. The van der Waals surface area contributed by atoms with E-state index in [9.17, 15) is 4.79 Å². The number of benzene rings is 2. The van der Waals surface area contributed by atoms with Crippen LogP contribution in [0.5, 0.6) is 0 Å². The minimum absolute atomic E-state index is 0.331. The third-order valence-corrected chi connectivity index (χ3v) is 6.34. The maximum absolute atomic E-state index is 11.4. The molecule has 2 rings (SSSR count). The first-order valence-electron chi connectivity index (χ1n) is 11.9. The number of alkyl halides is 2. The molecule has 0 bridgehead atoms. The molecule has 0 atom stereocenters. The van der Waals surface area contributed by atoms with E-state index in [0.717, 1.165) is 70.0 Å². The van der Waals surface area contributed by atoms with Gasteiger partial charge >= 0.3 is 5.97 Å². The SMILES string of the molecule is C=C(I)C(CCNCc1ccc(/C=C/C(=O)OCC)cc1)=Nc1cc(N(CCCl)CCCl)ccc1C. The van der Waals surface area contributed by atoms with Crippen molar-refractivity contribution >= 4 is 74.9 Å². The van der Waals surface area contributed by atoms with Crippen molar-refractivity contribution in [3.8, 4) is 0 Å². The summed E-state index contributed by atoms with van der Waals surface area (Å²) in [6.07, 6.45) is 3.96. The molecule has 5 nitrogen and oxygen atoms in total. The second-order valence-corrected chi connectivity index (χ2v) is 10.1. The van der Waals surface area contributed by atoms with Gasteiger partial charge in [-0.1, -0.05) is 36.9 Å². The molecule has 0 spiro atoms. The Morgan fingerprint density at radius 3 is 2.47 bits per heavy atom. The van der Waals surface area contributed by atoms with E-state index in [4.69, 9.17) is 32.9 Å². The van der Waals surface area contributed by atoms with Gasteiger partial charge in [-0.15, -0.1) is 23.2 Å². The summed E-state index contributed by atoms with van der Waals surface area (Å²) in [5.41, 5.74) is 6.19. The van der Waals surface area contributed by atoms with Crippen molar-refractivity contribution in [2.45, 2.75) is 26.8 Å². The zero-order valence-electron chi connectivity index (χ0n) is 20.9. The molecular weight excluding hydrogens is 608 g/mol. The van der Waals surface area contributed by atoms with E-state index in [1.807, 2.05) is 24.3 Å². The molecule has 0 aliphatic carbocycles. The van der Waals surface area contributed by atoms with Gasteiger partial charge in [-0.25, -0.2) is 4.79 Å². The third kappa shape index (κ3) is 10.6. The Morgan fingerprint density at radius 1 is 1.17 bits per heavy atom. The fraction of sp³-hybridized carbons (Fsp3) is 0.357. The third-order valence-electron chi connectivity index (χ3n) is 5.38. The molecule has 0 amide bonds. The Hall–Kier alpha value is -1.87. The lowest BCUT2D eigenvalue weighted by Gasteiger charge is -2.23. The van der Waals surface area contributed by atoms with Crippen LogP contribution in [0.3, 0.4) is 0 Å². The van der Waals surface area contributed by atoms with Gasteiger partial charge in [0.05, 0.1) is 18.0 Å². The van der Waals surface area contributed by atoms with Crippen LogP contribution in [0.1, 0.15) is 30.0 Å². The van der Waals surface area contributed by atoms with Gasteiger partial charge in [0.25, 0.3) is 0 Å². The number of carbonyl (C=O) groups excluding carboxylic acids is 1. The predicted octanol–water partition coefficient (Wildman–Crippen LogP) is 7.06. The summed E-state index contributed by atoms with van der Waals surface area (Å²) in [4.78, 5) is 18.6. The Kier molecular flexibility index (Phi) is 14.2. The van der Waals surface area contributed by atoms with Crippen LogP contribution in [0.25, 0.3) is 6.08 Å². The number of aryl methyl sites for hydroxylation is 1. The van der Waals surface area contributed by atoms with Crippen molar-refractivity contribution in [3.05, 3.63) is 75.4 Å². The lowest BCUT2D eigenvalue weighted by molar-refractivity contribution is -0.137. The number of hydrogen-bond acceptors (Lipinski definition) is 5. The van der Waals surface area contributed by atoms with E-state index in [2.05, 4.69) is 64.5 Å². The van der Waals surface area contributed by atoms with Gasteiger partial charge in [-0.05, 0) is 71.3 Å². The molecule has 2 aromatic carbocycles. The Bertz CT molecular complexity index is 1050. The van der Waals surface area contributed by atoms with Crippen LogP contribution in [0, 0.1) is 6.92 Å². The van der Waals surface area contributed by atoms with Crippen LogP contribution in [-0.4, -0.2) is 49.7 Å². The van der Waals surface area contributed by atoms with Gasteiger partial charge in [0.2, 0.25) is 0 Å². The Labute approximate surface area is 238 Å². The molecule has 8 heteroatoms. The van der Waals surface area contributed by atoms with Gasteiger partial charge in [-0.3, -0.25) is 4.99 Å². The maximum Gasteiger partial charge on any atom is 0.330 e.